The summed E-state index contributed by atoms with van der Waals surface area (Å²) in [4.78, 5) is 0. The molecule has 0 unspecified atom stereocenters. The molecule has 2 heteroatoms. The van der Waals surface area contributed by atoms with Gasteiger partial charge in [0.25, 0.3) is 0 Å². The molecule has 0 nitrogen and oxygen atoms in total. The van der Waals surface area contributed by atoms with E-state index in [2.05, 4.69) is 0 Å². The normalized spacial score (nSPS) is 0. The minimum atomic E-state index is 0. The second-order valence-corrected chi connectivity index (χ2v) is 0. The van der Waals surface area contributed by atoms with Crippen LogP contribution in [0.15, 0.2) is 0 Å². The molecule has 0 fully saturated rings. The number of hydrogen-bond acceptors (Lipinski definition) is 0. The zero-order chi connectivity index (χ0) is 0. The molecule has 36 valence electrons. The fraction of sp³-hybridized carbons (Fsp3) is 1.00. The molecule has 0 aromatic carbocycles. The summed E-state index contributed by atoms with van der Waals surface area (Å²) in [6.07, 6.45) is 0. The van der Waals surface area contributed by atoms with Crippen molar-refractivity contribution in [1.82, 2.24) is 0 Å². The van der Waals surface area contributed by atoms with Crippen LogP contribution in [-0.4, -0.2) is 0 Å². The summed E-state index contributed by atoms with van der Waals surface area (Å²) < 4.78 is 0. The van der Waals surface area contributed by atoms with Crippen LogP contribution in [0.1, 0.15) is 14.9 Å². The summed E-state index contributed by atoms with van der Waals surface area (Å²) in [5.41, 5.74) is 0. The molecule has 0 aromatic heterocycles. The van der Waals surface area contributed by atoms with Crippen LogP contribution in [0, 0.1) is 0 Å². The van der Waals surface area contributed by atoms with Crippen molar-refractivity contribution in [2.24, 2.45) is 0 Å². The second kappa shape index (κ2) is 26.8. The first kappa shape index (κ1) is 55.5. The Labute approximate surface area is 56.3 Å². The molecule has 0 saturated heterocycles. The SMILES string of the molecule is C.C.[Pd].[Pt]. The van der Waals surface area contributed by atoms with Gasteiger partial charge in [0, 0.05) is 41.5 Å². The van der Waals surface area contributed by atoms with E-state index >= 15 is 0 Å². The van der Waals surface area contributed by atoms with Crippen molar-refractivity contribution < 1.29 is 41.5 Å². The standard InChI is InChI=1S/2CH4.Pd.Pt/h2*1H4;;. The molecule has 0 amide bonds. The van der Waals surface area contributed by atoms with Crippen LogP contribution in [0.25, 0.3) is 0 Å². The van der Waals surface area contributed by atoms with Crippen molar-refractivity contribution >= 4 is 0 Å². The molecule has 0 spiro atoms. The van der Waals surface area contributed by atoms with Crippen LogP contribution in [-0.2, 0) is 41.5 Å². The average Bonchev–Trinajstić information content (AvgIpc) is 0. The number of hydrogen-bond donors (Lipinski definition) is 0. The molecule has 0 heterocycles. The Morgan fingerprint density at radius 2 is 0.750 bits per heavy atom. The Morgan fingerprint density at radius 3 is 0.750 bits per heavy atom. The maximum atomic E-state index is 0. The predicted octanol–water partition coefficient (Wildman–Crippen LogP) is 1.27. The van der Waals surface area contributed by atoms with Gasteiger partial charge in [0.1, 0.15) is 0 Å². The smallest absolute Gasteiger partial charge is 0 e. The molecule has 0 aliphatic carbocycles. The van der Waals surface area contributed by atoms with E-state index < -0.39 is 0 Å². The van der Waals surface area contributed by atoms with E-state index in [0.717, 1.165) is 0 Å². The fourth-order valence-corrected chi connectivity index (χ4v) is 0. The zero-order valence-corrected chi connectivity index (χ0v) is 4.46. The Bertz CT molecular complexity index is 6.00. The van der Waals surface area contributed by atoms with Gasteiger partial charge in [-0.15, -0.1) is 0 Å². The minimum Gasteiger partial charge on any atom is -0.0776 e. The topological polar surface area (TPSA) is 0 Å². The molecule has 0 atom stereocenters. The Hall–Kier alpha value is 1.35. The van der Waals surface area contributed by atoms with Crippen molar-refractivity contribution in [3.63, 3.8) is 0 Å². The second-order valence-electron chi connectivity index (χ2n) is 0. The van der Waals surface area contributed by atoms with E-state index in [4.69, 9.17) is 0 Å². The molecule has 0 rings (SSSR count). The van der Waals surface area contributed by atoms with Gasteiger partial charge in [0.15, 0.2) is 0 Å². The summed E-state index contributed by atoms with van der Waals surface area (Å²) in [7, 11) is 0. The summed E-state index contributed by atoms with van der Waals surface area (Å²) in [5, 5.41) is 0. The van der Waals surface area contributed by atoms with Crippen LogP contribution in [0.4, 0.5) is 0 Å². The Balaban J connectivity index is 0. The van der Waals surface area contributed by atoms with Crippen LogP contribution >= 0.6 is 0 Å². The Morgan fingerprint density at radius 1 is 0.750 bits per heavy atom. The van der Waals surface area contributed by atoms with E-state index in [1.165, 1.54) is 0 Å². The van der Waals surface area contributed by atoms with Crippen molar-refractivity contribution in [1.29, 1.82) is 0 Å². The van der Waals surface area contributed by atoms with Crippen molar-refractivity contribution in [2.45, 2.75) is 14.9 Å². The van der Waals surface area contributed by atoms with E-state index in [1.54, 1.807) is 0 Å². The predicted molar refractivity (Wildman–Crippen MR) is 13.5 cm³/mol. The fourth-order valence-electron chi connectivity index (χ4n) is 0. The van der Waals surface area contributed by atoms with E-state index in [0.29, 0.717) is 0 Å². The molecular formula is C2H8PdPt. The average molecular weight is 334 g/mol. The first-order chi connectivity index (χ1) is 0. The number of rotatable bonds is 0. The third kappa shape index (κ3) is 10.1. The molecule has 0 radical (unpaired) electrons. The largest absolute Gasteiger partial charge is 0.0776 e. The van der Waals surface area contributed by atoms with Gasteiger partial charge in [0.2, 0.25) is 0 Å². The molecular weight excluding hydrogens is 326 g/mol. The van der Waals surface area contributed by atoms with Gasteiger partial charge < -0.3 is 0 Å². The first-order valence-corrected chi connectivity index (χ1v) is 0. The van der Waals surface area contributed by atoms with Gasteiger partial charge >= 0.3 is 0 Å². The minimum absolute atomic E-state index is 0. The molecule has 4 heavy (non-hydrogen) atoms. The van der Waals surface area contributed by atoms with Crippen LogP contribution < -0.4 is 0 Å². The van der Waals surface area contributed by atoms with Crippen LogP contribution in [0.3, 0.4) is 0 Å². The van der Waals surface area contributed by atoms with E-state index in [1.807, 2.05) is 0 Å². The third-order valence-corrected chi connectivity index (χ3v) is 0. The summed E-state index contributed by atoms with van der Waals surface area (Å²) in [5.74, 6) is 0. The molecule has 0 N–H and O–H groups in total. The van der Waals surface area contributed by atoms with Gasteiger partial charge in [-0.3, -0.25) is 0 Å². The maximum Gasteiger partial charge on any atom is 0 e. The Kier molecular flexibility index (Phi) is 372. The van der Waals surface area contributed by atoms with Crippen molar-refractivity contribution in [3.05, 3.63) is 0 Å². The molecule has 0 bridgehead atoms. The van der Waals surface area contributed by atoms with Gasteiger partial charge in [-0.2, -0.15) is 0 Å². The zero-order valence-electron chi connectivity index (χ0n) is 0.632. The summed E-state index contributed by atoms with van der Waals surface area (Å²) in [6.45, 7) is 0. The van der Waals surface area contributed by atoms with E-state index in [-0.39, 0.29) is 56.3 Å². The van der Waals surface area contributed by atoms with Gasteiger partial charge in [-0.05, 0) is 0 Å². The van der Waals surface area contributed by atoms with Crippen molar-refractivity contribution in [2.75, 3.05) is 0 Å². The van der Waals surface area contributed by atoms with Crippen LogP contribution in [0.5, 0.6) is 0 Å². The van der Waals surface area contributed by atoms with Gasteiger partial charge in [-0.25, -0.2) is 0 Å². The molecule has 0 aliphatic rings. The first-order valence-electron chi connectivity index (χ1n) is 0. The van der Waals surface area contributed by atoms with Crippen LogP contribution in [0.2, 0.25) is 0 Å². The quantitative estimate of drug-likeness (QED) is 0.586. The third-order valence-electron chi connectivity index (χ3n) is 0. The molecule has 0 aromatic rings. The maximum absolute atomic E-state index is 0. The van der Waals surface area contributed by atoms with Gasteiger partial charge in [-0.1, -0.05) is 14.9 Å². The van der Waals surface area contributed by atoms with Crippen molar-refractivity contribution in [3.8, 4) is 0 Å². The molecule has 0 saturated carbocycles. The monoisotopic (exact) mass is 333 g/mol. The summed E-state index contributed by atoms with van der Waals surface area (Å²) >= 11 is 0. The summed E-state index contributed by atoms with van der Waals surface area (Å²) in [6, 6.07) is 0. The van der Waals surface area contributed by atoms with E-state index in [9.17, 15) is 0 Å². The van der Waals surface area contributed by atoms with Gasteiger partial charge in [0.05, 0.1) is 0 Å². The molecule has 0 aliphatic heterocycles.